The molecular formula is C22H22N2S2. The number of benzene rings is 2. The van der Waals surface area contributed by atoms with Crippen molar-refractivity contribution in [2.75, 3.05) is 24.6 Å². The SMILES string of the molecule is C1=C2SCCN2[C@H](c2ccccc2)/C(=C2\NCCS2)[C@@H]1c1ccccc1. The summed E-state index contributed by atoms with van der Waals surface area (Å²) in [5.41, 5.74) is 4.32. The van der Waals surface area contributed by atoms with Crippen LogP contribution in [0.5, 0.6) is 0 Å². The zero-order valence-electron chi connectivity index (χ0n) is 14.6. The fourth-order valence-corrected chi connectivity index (χ4v) is 6.27. The van der Waals surface area contributed by atoms with Gasteiger partial charge in [0.2, 0.25) is 0 Å². The van der Waals surface area contributed by atoms with E-state index >= 15 is 0 Å². The summed E-state index contributed by atoms with van der Waals surface area (Å²) in [5, 5.41) is 6.52. The average molecular weight is 379 g/mol. The van der Waals surface area contributed by atoms with Gasteiger partial charge in [-0.2, -0.15) is 0 Å². The van der Waals surface area contributed by atoms with E-state index in [1.807, 2.05) is 23.5 Å². The molecule has 3 aliphatic rings. The fraction of sp³-hybridized carbons (Fsp3) is 0.273. The van der Waals surface area contributed by atoms with Gasteiger partial charge in [0.1, 0.15) is 0 Å². The molecule has 5 rings (SSSR count). The van der Waals surface area contributed by atoms with E-state index < -0.39 is 0 Å². The molecule has 0 spiro atoms. The minimum Gasteiger partial charge on any atom is -0.379 e. The largest absolute Gasteiger partial charge is 0.379 e. The van der Waals surface area contributed by atoms with Crippen molar-refractivity contribution < 1.29 is 0 Å². The zero-order chi connectivity index (χ0) is 17.3. The van der Waals surface area contributed by atoms with Crippen LogP contribution in [-0.4, -0.2) is 29.5 Å². The van der Waals surface area contributed by atoms with Gasteiger partial charge < -0.3 is 10.2 Å². The summed E-state index contributed by atoms with van der Waals surface area (Å²) in [6.07, 6.45) is 2.50. The van der Waals surface area contributed by atoms with Crippen LogP contribution in [0.2, 0.25) is 0 Å². The van der Waals surface area contributed by atoms with E-state index in [9.17, 15) is 0 Å². The molecule has 3 aliphatic heterocycles. The summed E-state index contributed by atoms with van der Waals surface area (Å²) in [6, 6.07) is 22.4. The lowest BCUT2D eigenvalue weighted by Crippen LogP contribution is -2.33. The summed E-state index contributed by atoms with van der Waals surface area (Å²) in [6.45, 7) is 2.19. The standard InChI is InChI=1S/C22H22N2S2/c1-3-7-16(8-4-1)18-15-19-24(12-14-25-19)21(17-9-5-2-6-10-17)20(18)22-23-11-13-26-22/h1-10,15,18,21,23H,11-14H2/b22-20+/t18-,21+/m0/s1. The molecule has 0 amide bonds. The van der Waals surface area contributed by atoms with Gasteiger partial charge in [-0.05, 0) is 22.8 Å². The molecule has 0 bridgehead atoms. The Balaban J connectivity index is 1.71. The van der Waals surface area contributed by atoms with Crippen molar-refractivity contribution in [3.63, 3.8) is 0 Å². The highest BCUT2D eigenvalue weighted by atomic mass is 32.2. The van der Waals surface area contributed by atoms with Gasteiger partial charge in [0, 0.05) is 30.5 Å². The summed E-state index contributed by atoms with van der Waals surface area (Å²) in [5.74, 6) is 2.68. The molecule has 2 saturated heterocycles. The first-order valence-corrected chi connectivity index (χ1v) is 11.2. The Bertz CT molecular complexity index is 837. The lowest BCUT2D eigenvalue weighted by atomic mass is 9.81. The van der Waals surface area contributed by atoms with Crippen LogP contribution in [0.3, 0.4) is 0 Å². The summed E-state index contributed by atoms with van der Waals surface area (Å²) in [7, 11) is 0. The predicted molar refractivity (Wildman–Crippen MR) is 113 cm³/mol. The number of fused-ring (bicyclic) bond motifs is 1. The van der Waals surface area contributed by atoms with Crippen molar-refractivity contribution >= 4 is 23.5 Å². The summed E-state index contributed by atoms with van der Waals surface area (Å²) in [4.78, 5) is 2.61. The highest BCUT2D eigenvalue weighted by Crippen LogP contribution is 2.52. The molecule has 3 heterocycles. The topological polar surface area (TPSA) is 15.3 Å². The van der Waals surface area contributed by atoms with Gasteiger partial charge in [-0.15, -0.1) is 23.5 Å². The van der Waals surface area contributed by atoms with Gasteiger partial charge in [-0.1, -0.05) is 60.7 Å². The molecule has 4 heteroatoms. The Labute approximate surface area is 163 Å². The number of hydrogen-bond acceptors (Lipinski definition) is 4. The molecule has 2 aromatic rings. The van der Waals surface area contributed by atoms with E-state index in [2.05, 4.69) is 77.0 Å². The second-order valence-electron chi connectivity index (χ2n) is 6.81. The van der Waals surface area contributed by atoms with E-state index in [1.54, 1.807) is 0 Å². The number of nitrogens with zero attached hydrogens (tertiary/aromatic N) is 1. The first-order valence-electron chi connectivity index (χ1n) is 9.24. The van der Waals surface area contributed by atoms with Gasteiger partial charge in [-0.25, -0.2) is 0 Å². The van der Waals surface area contributed by atoms with Crippen LogP contribution in [0, 0.1) is 0 Å². The minimum atomic E-state index is 0.324. The molecule has 0 aromatic heterocycles. The van der Waals surface area contributed by atoms with Crippen LogP contribution in [-0.2, 0) is 0 Å². The number of nitrogens with one attached hydrogen (secondary N) is 1. The van der Waals surface area contributed by atoms with Gasteiger partial charge >= 0.3 is 0 Å². The Morgan fingerprint density at radius 1 is 0.846 bits per heavy atom. The van der Waals surface area contributed by atoms with Crippen molar-refractivity contribution in [2.24, 2.45) is 0 Å². The van der Waals surface area contributed by atoms with Crippen LogP contribution in [0.25, 0.3) is 0 Å². The molecule has 2 nitrogen and oxygen atoms in total. The van der Waals surface area contributed by atoms with Crippen molar-refractivity contribution in [1.29, 1.82) is 0 Å². The van der Waals surface area contributed by atoms with Crippen molar-refractivity contribution in [2.45, 2.75) is 12.0 Å². The lowest BCUT2D eigenvalue weighted by molar-refractivity contribution is 0.311. The fourth-order valence-electron chi connectivity index (χ4n) is 4.16. The molecule has 0 aliphatic carbocycles. The molecule has 132 valence electrons. The van der Waals surface area contributed by atoms with Gasteiger partial charge in [0.25, 0.3) is 0 Å². The average Bonchev–Trinajstić information content (AvgIpc) is 3.39. The third kappa shape index (κ3) is 2.85. The molecule has 0 saturated carbocycles. The minimum absolute atomic E-state index is 0.324. The maximum Gasteiger partial charge on any atom is 0.0798 e. The van der Waals surface area contributed by atoms with Gasteiger partial charge in [0.05, 0.1) is 16.1 Å². The number of hydrogen-bond donors (Lipinski definition) is 1. The first kappa shape index (κ1) is 16.4. The van der Waals surface area contributed by atoms with Crippen LogP contribution >= 0.6 is 23.5 Å². The molecule has 0 radical (unpaired) electrons. The normalized spacial score (nSPS) is 27.8. The third-order valence-electron chi connectivity index (χ3n) is 5.29. The molecule has 0 unspecified atom stereocenters. The van der Waals surface area contributed by atoms with Crippen molar-refractivity contribution in [3.8, 4) is 0 Å². The Kier molecular flexibility index (Phi) is 4.47. The predicted octanol–water partition coefficient (Wildman–Crippen LogP) is 4.96. The van der Waals surface area contributed by atoms with Crippen LogP contribution in [0.4, 0.5) is 0 Å². The van der Waals surface area contributed by atoms with Crippen LogP contribution in [0.1, 0.15) is 23.1 Å². The number of allylic oxidation sites excluding steroid dienone is 1. The Hall–Kier alpha value is -1.78. The lowest BCUT2D eigenvalue weighted by Gasteiger charge is -2.40. The van der Waals surface area contributed by atoms with Crippen LogP contribution < -0.4 is 5.32 Å². The summed E-state index contributed by atoms with van der Waals surface area (Å²) < 4.78 is 0. The smallest absolute Gasteiger partial charge is 0.0798 e. The van der Waals surface area contributed by atoms with Crippen molar-refractivity contribution in [1.82, 2.24) is 10.2 Å². The highest BCUT2D eigenvalue weighted by molar-refractivity contribution is 8.03. The van der Waals surface area contributed by atoms with Gasteiger partial charge in [-0.3, -0.25) is 0 Å². The monoisotopic (exact) mass is 378 g/mol. The molecule has 2 aromatic carbocycles. The third-order valence-corrected chi connectivity index (χ3v) is 7.42. The first-order chi connectivity index (χ1) is 12.9. The van der Waals surface area contributed by atoms with Crippen molar-refractivity contribution in [3.05, 3.63) is 93.5 Å². The second kappa shape index (κ2) is 7.09. The van der Waals surface area contributed by atoms with E-state index in [-0.39, 0.29) is 0 Å². The number of thioether (sulfide) groups is 2. The quantitative estimate of drug-likeness (QED) is 0.794. The zero-order valence-corrected chi connectivity index (χ0v) is 16.2. The Morgan fingerprint density at radius 3 is 2.27 bits per heavy atom. The summed E-state index contributed by atoms with van der Waals surface area (Å²) >= 11 is 3.99. The maximum absolute atomic E-state index is 3.69. The molecule has 2 fully saturated rings. The second-order valence-corrected chi connectivity index (χ2v) is 9.03. The number of rotatable bonds is 2. The van der Waals surface area contributed by atoms with E-state index in [0.717, 1.165) is 18.8 Å². The molecule has 26 heavy (non-hydrogen) atoms. The highest BCUT2D eigenvalue weighted by Gasteiger charge is 2.40. The van der Waals surface area contributed by atoms with E-state index in [4.69, 9.17) is 0 Å². The van der Waals surface area contributed by atoms with E-state index in [0.29, 0.717) is 12.0 Å². The van der Waals surface area contributed by atoms with E-state index in [1.165, 1.54) is 32.5 Å². The molecule has 2 atom stereocenters. The van der Waals surface area contributed by atoms with Crippen LogP contribution in [0.15, 0.2) is 82.4 Å². The molecule has 1 N–H and O–H groups in total. The molecular weight excluding hydrogens is 356 g/mol. The maximum atomic E-state index is 3.69. The van der Waals surface area contributed by atoms with Gasteiger partial charge in [0.15, 0.2) is 0 Å². The Morgan fingerprint density at radius 2 is 1.58 bits per heavy atom.